The van der Waals surface area contributed by atoms with Crippen molar-refractivity contribution in [2.45, 2.75) is 51.7 Å². The number of thiazole rings is 1. The molecular formula is C23H25N5O4S2. The van der Waals surface area contributed by atoms with Gasteiger partial charge < -0.3 is 9.47 Å². The first-order valence-electron chi connectivity index (χ1n) is 11.3. The summed E-state index contributed by atoms with van der Waals surface area (Å²) < 4.78 is 11.4. The van der Waals surface area contributed by atoms with Crippen LogP contribution in [0, 0.1) is 0 Å². The number of hydrogen-bond donors (Lipinski definition) is 1. The Balaban J connectivity index is 1.34. The van der Waals surface area contributed by atoms with Gasteiger partial charge >= 0.3 is 0 Å². The van der Waals surface area contributed by atoms with Crippen molar-refractivity contribution in [3.8, 4) is 17.0 Å². The molecule has 11 heteroatoms. The van der Waals surface area contributed by atoms with E-state index in [0.717, 1.165) is 47.0 Å². The molecule has 0 spiro atoms. The first kappa shape index (κ1) is 22.9. The lowest BCUT2D eigenvalue weighted by atomic mass is 10.1. The van der Waals surface area contributed by atoms with Crippen LogP contribution in [0.25, 0.3) is 11.3 Å². The first-order valence-corrected chi connectivity index (χ1v) is 13.0. The summed E-state index contributed by atoms with van der Waals surface area (Å²) in [6, 6.07) is 5.62. The minimum Gasteiger partial charge on any atom is -0.479 e. The van der Waals surface area contributed by atoms with E-state index in [1.807, 2.05) is 23.6 Å². The summed E-state index contributed by atoms with van der Waals surface area (Å²) in [6.45, 7) is 4.36. The van der Waals surface area contributed by atoms with Gasteiger partial charge in [0.2, 0.25) is 11.0 Å². The van der Waals surface area contributed by atoms with Gasteiger partial charge in [-0.25, -0.2) is 4.98 Å². The van der Waals surface area contributed by atoms with E-state index in [2.05, 4.69) is 22.4 Å². The quantitative estimate of drug-likeness (QED) is 0.519. The molecule has 9 nitrogen and oxygen atoms in total. The number of aromatic nitrogens is 3. The van der Waals surface area contributed by atoms with Crippen LogP contribution in [0.3, 0.4) is 0 Å². The highest BCUT2D eigenvalue weighted by atomic mass is 32.1. The van der Waals surface area contributed by atoms with Gasteiger partial charge in [-0.15, -0.1) is 21.5 Å². The Morgan fingerprint density at radius 2 is 2.21 bits per heavy atom. The van der Waals surface area contributed by atoms with Crippen molar-refractivity contribution >= 4 is 45.3 Å². The molecule has 0 bridgehead atoms. The molecule has 4 heterocycles. The Bertz CT molecular complexity index is 1200. The van der Waals surface area contributed by atoms with Crippen molar-refractivity contribution in [2.75, 3.05) is 23.4 Å². The molecule has 0 saturated carbocycles. The second-order valence-corrected chi connectivity index (χ2v) is 10.2. The molecule has 1 fully saturated rings. The van der Waals surface area contributed by atoms with Gasteiger partial charge in [0.15, 0.2) is 6.10 Å². The van der Waals surface area contributed by atoms with Crippen LogP contribution in [-0.2, 0) is 20.7 Å². The number of ether oxygens (including phenoxy) is 2. The molecule has 34 heavy (non-hydrogen) atoms. The molecule has 178 valence electrons. The summed E-state index contributed by atoms with van der Waals surface area (Å²) in [7, 11) is 0. The smallest absolute Gasteiger partial charge is 0.268 e. The Kier molecular flexibility index (Phi) is 6.57. The highest BCUT2D eigenvalue weighted by molar-refractivity contribution is 7.15. The third-order valence-electron chi connectivity index (χ3n) is 5.67. The first-order chi connectivity index (χ1) is 16.5. The van der Waals surface area contributed by atoms with Gasteiger partial charge in [0.25, 0.3) is 5.91 Å². The largest absolute Gasteiger partial charge is 0.479 e. The minimum absolute atomic E-state index is 0.0568. The molecule has 0 aliphatic carbocycles. The van der Waals surface area contributed by atoms with Crippen molar-refractivity contribution in [3.63, 3.8) is 0 Å². The number of carbonyl (C=O) groups is 2. The van der Waals surface area contributed by atoms with Crippen molar-refractivity contribution in [1.82, 2.24) is 15.2 Å². The van der Waals surface area contributed by atoms with Crippen LogP contribution in [0.1, 0.15) is 49.2 Å². The Morgan fingerprint density at radius 1 is 1.32 bits per heavy atom. The summed E-state index contributed by atoms with van der Waals surface area (Å²) >= 11 is 2.92. The fourth-order valence-corrected chi connectivity index (χ4v) is 5.74. The summed E-state index contributed by atoms with van der Waals surface area (Å²) in [5.74, 6) is -0.0703. The highest BCUT2D eigenvalue weighted by Crippen LogP contribution is 2.38. The molecule has 2 aliphatic rings. The van der Waals surface area contributed by atoms with Crippen LogP contribution in [0.4, 0.5) is 10.8 Å². The maximum Gasteiger partial charge on any atom is 0.268 e. The maximum absolute atomic E-state index is 13.0. The zero-order valence-electron chi connectivity index (χ0n) is 18.9. The molecule has 2 amide bonds. The van der Waals surface area contributed by atoms with Crippen LogP contribution in [0.2, 0.25) is 0 Å². The third-order valence-corrected chi connectivity index (χ3v) is 7.51. The van der Waals surface area contributed by atoms with Crippen LogP contribution in [0.5, 0.6) is 5.75 Å². The Hall–Kier alpha value is -2.89. The average molecular weight is 500 g/mol. The number of nitrogens with zero attached hydrogens (tertiary/aromatic N) is 4. The van der Waals surface area contributed by atoms with E-state index in [9.17, 15) is 9.59 Å². The highest BCUT2D eigenvalue weighted by Gasteiger charge is 2.33. The summed E-state index contributed by atoms with van der Waals surface area (Å²) in [5.41, 5.74) is 2.28. The van der Waals surface area contributed by atoms with E-state index in [1.165, 1.54) is 16.2 Å². The van der Waals surface area contributed by atoms with Crippen molar-refractivity contribution in [1.29, 1.82) is 0 Å². The van der Waals surface area contributed by atoms with Crippen LogP contribution in [0.15, 0.2) is 23.6 Å². The van der Waals surface area contributed by atoms with Gasteiger partial charge in [0.1, 0.15) is 23.4 Å². The van der Waals surface area contributed by atoms with Crippen molar-refractivity contribution in [2.24, 2.45) is 0 Å². The number of rotatable bonds is 7. The number of nitrogens with one attached hydrogen (secondary N) is 1. The molecule has 2 aromatic heterocycles. The zero-order valence-corrected chi connectivity index (χ0v) is 20.6. The van der Waals surface area contributed by atoms with Gasteiger partial charge in [0.05, 0.1) is 16.4 Å². The number of aryl methyl sites for hydroxylation is 1. The Morgan fingerprint density at radius 3 is 3.00 bits per heavy atom. The molecule has 0 radical (unpaired) electrons. The van der Waals surface area contributed by atoms with Crippen LogP contribution >= 0.6 is 22.7 Å². The molecule has 2 atom stereocenters. The van der Waals surface area contributed by atoms with E-state index < -0.39 is 6.10 Å². The van der Waals surface area contributed by atoms with Gasteiger partial charge in [-0.3, -0.25) is 19.8 Å². The number of benzene rings is 1. The van der Waals surface area contributed by atoms with E-state index in [-0.39, 0.29) is 24.5 Å². The molecule has 2 unspecified atom stereocenters. The fourth-order valence-electron chi connectivity index (χ4n) is 3.99. The van der Waals surface area contributed by atoms with E-state index in [4.69, 9.17) is 14.5 Å². The zero-order chi connectivity index (χ0) is 23.7. The maximum atomic E-state index is 13.0. The third kappa shape index (κ3) is 4.68. The monoisotopic (exact) mass is 499 g/mol. The lowest BCUT2D eigenvalue weighted by Gasteiger charge is -2.32. The van der Waals surface area contributed by atoms with Crippen LogP contribution < -0.4 is 15.0 Å². The standard InChI is InChI=1S/C23H25N5O4S2/c1-3-5-20-24-15(12-33-20)14-7-8-17-16(10-14)28(22(30)13(2)32-17)11-19(29)25-23-27-26-21(34-23)18-6-4-9-31-18/h7-8,10,12-13,18H,3-6,9,11H2,1-2H3,(H,25,27,29). The molecule has 1 aromatic carbocycles. The number of carbonyl (C=O) groups excluding carboxylic acids is 2. The average Bonchev–Trinajstić information content (AvgIpc) is 3.59. The van der Waals surface area contributed by atoms with E-state index in [0.29, 0.717) is 23.2 Å². The minimum atomic E-state index is -0.686. The lowest BCUT2D eigenvalue weighted by molar-refractivity contribution is -0.127. The van der Waals surface area contributed by atoms with Gasteiger partial charge in [0, 0.05) is 17.6 Å². The number of fused-ring (bicyclic) bond motifs is 1. The normalized spacial score (nSPS) is 19.7. The predicted molar refractivity (Wildman–Crippen MR) is 130 cm³/mol. The van der Waals surface area contributed by atoms with Crippen molar-refractivity contribution < 1.29 is 19.1 Å². The lowest BCUT2D eigenvalue weighted by Crippen LogP contribution is -2.47. The second-order valence-electron chi connectivity index (χ2n) is 8.24. The molecule has 5 rings (SSSR count). The summed E-state index contributed by atoms with van der Waals surface area (Å²) in [5, 5.41) is 15.2. The Labute approximate surface area is 205 Å². The number of anilines is 2. The van der Waals surface area contributed by atoms with Gasteiger partial charge in [-0.2, -0.15) is 0 Å². The van der Waals surface area contributed by atoms with E-state index >= 15 is 0 Å². The molecular weight excluding hydrogens is 474 g/mol. The topological polar surface area (TPSA) is 107 Å². The second kappa shape index (κ2) is 9.77. The SMILES string of the molecule is CCCc1nc(-c2ccc3c(c2)N(CC(=O)Nc2nnc(C4CCCO4)s2)C(=O)C(C)O3)cs1. The summed E-state index contributed by atoms with van der Waals surface area (Å²) in [4.78, 5) is 32.0. The van der Waals surface area contributed by atoms with Crippen molar-refractivity contribution in [3.05, 3.63) is 33.6 Å². The predicted octanol–water partition coefficient (Wildman–Crippen LogP) is 4.22. The van der Waals surface area contributed by atoms with Crippen LogP contribution in [-0.4, -0.2) is 46.3 Å². The number of hydrogen-bond acceptors (Lipinski definition) is 9. The summed E-state index contributed by atoms with van der Waals surface area (Å²) in [6.07, 6.45) is 3.12. The molecule has 2 aliphatic heterocycles. The fraction of sp³-hybridized carbons (Fsp3) is 0.435. The van der Waals surface area contributed by atoms with Gasteiger partial charge in [-0.1, -0.05) is 18.3 Å². The molecule has 1 saturated heterocycles. The van der Waals surface area contributed by atoms with E-state index in [1.54, 1.807) is 18.3 Å². The molecule has 1 N–H and O–H groups in total. The molecule has 3 aromatic rings. The van der Waals surface area contributed by atoms with Gasteiger partial charge in [-0.05, 0) is 50.8 Å². The number of amides is 2.